The zero-order chi connectivity index (χ0) is 26.1. The molecule has 1 N–H and O–H groups in total. The lowest BCUT2D eigenvalue weighted by atomic mass is 10.1. The van der Waals surface area contributed by atoms with E-state index in [0.29, 0.717) is 17.9 Å². The Morgan fingerprint density at radius 1 is 0.917 bits per heavy atom. The molecule has 0 aliphatic heterocycles. The predicted molar refractivity (Wildman–Crippen MR) is 139 cm³/mol. The SMILES string of the molecule is CNC(=O)C(C)N(CCc1ccccc1)C(=O)CN(c1ccccc1)S(=O)(=O)c1ccc(OC)cc1. The van der Waals surface area contributed by atoms with E-state index in [4.69, 9.17) is 4.74 Å². The molecule has 0 saturated carbocycles. The van der Waals surface area contributed by atoms with Crippen LogP contribution in [-0.4, -0.2) is 58.4 Å². The molecule has 3 rings (SSSR count). The molecule has 0 saturated heterocycles. The zero-order valence-corrected chi connectivity index (χ0v) is 21.4. The highest BCUT2D eigenvalue weighted by Crippen LogP contribution is 2.25. The molecule has 0 fully saturated rings. The van der Waals surface area contributed by atoms with Gasteiger partial charge in [-0.25, -0.2) is 8.42 Å². The zero-order valence-electron chi connectivity index (χ0n) is 20.6. The monoisotopic (exact) mass is 509 g/mol. The Balaban J connectivity index is 1.94. The van der Waals surface area contributed by atoms with Crippen LogP contribution in [0.5, 0.6) is 5.75 Å². The van der Waals surface area contributed by atoms with Crippen LogP contribution in [0.1, 0.15) is 12.5 Å². The number of hydrogen-bond acceptors (Lipinski definition) is 5. The quantitative estimate of drug-likeness (QED) is 0.429. The van der Waals surface area contributed by atoms with Gasteiger partial charge in [-0.2, -0.15) is 0 Å². The number of carbonyl (C=O) groups is 2. The predicted octanol–water partition coefficient (Wildman–Crippen LogP) is 3.10. The normalized spacial score (nSPS) is 11.9. The molecule has 0 aromatic heterocycles. The van der Waals surface area contributed by atoms with E-state index in [1.807, 2.05) is 30.3 Å². The third-order valence-corrected chi connectivity index (χ3v) is 7.66. The molecule has 8 nitrogen and oxygen atoms in total. The molecule has 0 spiro atoms. The molecular formula is C27H31N3O5S. The number of carbonyl (C=O) groups excluding carboxylic acids is 2. The van der Waals surface area contributed by atoms with Crippen molar-refractivity contribution in [1.82, 2.24) is 10.2 Å². The van der Waals surface area contributed by atoms with Gasteiger partial charge in [-0.05, 0) is 55.3 Å². The van der Waals surface area contributed by atoms with Crippen LogP contribution in [0, 0.1) is 0 Å². The van der Waals surface area contributed by atoms with Crippen LogP contribution in [0.4, 0.5) is 5.69 Å². The number of likely N-dealkylation sites (N-methyl/N-ethyl adjacent to an activating group) is 1. The molecule has 0 aliphatic carbocycles. The molecule has 3 aromatic carbocycles. The highest BCUT2D eigenvalue weighted by Gasteiger charge is 2.32. The minimum absolute atomic E-state index is 0.0233. The second-order valence-electron chi connectivity index (χ2n) is 8.14. The third-order valence-electron chi connectivity index (χ3n) is 5.87. The Labute approximate surface area is 212 Å². The first-order chi connectivity index (χ1) is 17.3. The molecule has 1 unspecified atom stereocenters. The summed E-state index contributed by atoms with van der Waals surface area (Å²) in [6.07, 6.45) is 0.518. The molecule has 9 heteroatoms. The lowest BCUT2D eigenvalue weighted by Gasteiger charge is -2.31. The number of amides is 2. The van der Waals surface area contributed by atoms with E-state index in [9.17, 15) is 18.0 Å². The second kappa shape index (κ2) is 12.2. The first-order valence-electron chi connectivity index (χ1n) is 11.5. The number of rotatable bonds is 11. The van der Waals surface area contributed by atoms with Crippen LogP contribution in [0.2, 0.25) is 0 Å². The van der Waals surface area contributed by atoms with E-state index in [1.54, 1.807) is 49.4 Å². The van der Waals surface area contributed by atoms with Crippen molar-refractivity contribution in [2.45, 2.75) is 24.3 Å². The molecule has 0 bridgehead atoms. The van der Waals surface area contributed by atoms with E-state index in [-0.39, 0.29) is 17.3 Å². The molecule has 36 heavy (non-hydrogen) atoms. The summed E-state index contributed by atoms with van der Waals surface area (Å²) in [5, 5.41) is 2.57. The number of methoxy groups -OCH3 is 1. The fraction of sp³-hybridized carbons (Fsp3) is 0.259. The molecule has 190 valence electrons. The fourth-order valence-corrected chi connectivity index (χ4v) is 5.19. The molecule has 0 aliphatic rings. The van der Waals surface area contributed by atoms with Gasteiger partial charge in [0.25, 0.3) is 10.0 Å². The van der Waals surface area contributed by atoms with Crippen molar-refractivity contribution in [2.75, 3.05) is 31.6 Å². The number of nitrogens with zero attached hydrogens (tertiary/aromatic N) is 2. The maximum atomic E-state index is 13.7. The Morgan fingerprint density at radius 3 is 2.06 bits per heavy atom. The Kier molecular flexibility index (Phi) is 9.08. The van der Waals surface area contributed by atoms with Crippen LogP contribution < -0.4 is 14.4 Å². The van der Waals surface area contributed by atoms with Gasteiger partial charge in [0.05, 0.1) is 17.7 Å². The van der Waals surface area contributed by atoms with Gasteiger partial charge in [-0.15, -0.1) is 0 Å². The molecule has 3 aromatic rings. The minimum Gasteiger partial charge on any atom is -0.497 e. The Morgan fingerprint density at radius 2 is 1.50 bits per heavy atom. The van der Waals surface area contributed by atoms with E-state index < -0.39 is 28.5 Å². The smallest absolute Gasteiger partial charge is 0.264 e. The van der Waals surface area contributed by atoms with Crippen LogP contribution in [0.3, 0.4) is 0 Å². The Hall–Kier alpha value is -3.85. The van der Waals surface area contributed by atoms with Crippen molar-refractivity contribution < 1.29 is 22.7 Å². The van der Waals surface area contributed by atoms with Crippen molar-refractivity contribution in [1.29, 1.82) is 0 Å². The van der Waals surface area contributed by atoms with Crippen LogP contribution in [0.15, 0.2) is 89.8 Å². The van der Waals surface area contributed by atoms with Gasteiger partial charge in [0.1, 0.15) is 18.3 Å². The van der Waals surface area contributed by atoms with Gasteiger partial charge in [0.2, 0.25) is 11.8 Å². The van der Waals surface area contributed by atoms with Crippen molar-refractivity contribution in [2.24, 2.45) is 0 Å². The molecule has 1 atom stereocenters. The van der Waals surface area contributed by atoms with Crippen molar-refractivity contribution in [3.63, 3.8) is 0 Å². The van der Waals surface area contributed by atoms with Gasteiger partial charge in [-0.1, -0.05) is 48.5 Å². The van der Waals surface area contributed by atoms with Gasteiger partial charge >= 0.3 is 0 Å². The van der Waals surface area contributed by atoms with Crippen molar-refractivity contribution >= 4 is 27.5 Å². The van der Waals surface area contributed by atoms with Gasteiger partial charge in [0, 0.05) is 13.6 Å². The minimum atomic E-state index is -4.10. The number of hydrogen-bond donors (Lipinski definition) is 1. The summed E-state index contributed by atoms with van der Waals surface area (Å²) in [4.78, 5) is 27.5. The molecular weight excluding hydrogens is 478 g/mol. The maximum Gasteiger partial charge on any atom is 0.264 e. The summed E-state index contributed by atoms with van der Waals surface area (Å²) >= 11 is 0. The average Bonchev–Trinajstić information content (AvgIpc) is 2.92. The van der Waals surface area contributed by atoms with Crippen LogP contribution in [-0.2, 0) is 26.0 Å². The van der Waals surface area contributed by atoms with E-state index in [2.05, 4.69) is 5.32 Å². The van der Waals surface area contributed by atoms with E-state index in [1.165, 1.54) is 31.2 Å². The average molecular weight is 510 g/mol. The largest absolute Gasteiger partial charge is 0.497 e. The third kappa shape index (κ3) is 6.42. The van der Waals surface area contributed by atoms with Gasteiger partial charge in [0.15, 0.2) is 0 Å². The summed E-state index contributed by atoms with van der Waals surface area (Å²) in [5.41, 5.74) is 1.35. The van der Waals surface area contributed by atoms with Gasteiger partial charge < -0.3 is 15.0 Å². The van der Waals surface area contributed by atoms with Crippen molar-refractivity contribution in [3.8, 4) is 5.75 Å². The number of ether oxygens (including phenoxy) is 1. The summed E-state index contributed by atoms with van der Waals surface area (Å²) < 4.78 is 33.5. The fourth-order valence-electron chi connectivity index (χ4n) is 3.78. The lowest BCUT2D eigenvalue weighted by Crippen LogP contribution is -2.51. The molecule has 0 heterocycles. The standard InChI is InChI=1S/C27H31N3O5S/c1-21(27(32)28-2)29(19-18-22-10-6-4-7-11-22)26(31)20-30(23-12-8-5-9-13-23)36(33,34)25-16-14-24(35-3)15-17-25/h4-17,21H,18-20H2,1-3H3,(H,28,32). The summed E-state index contributed by atoms with van der Waals surface area (Å²) in [6.45, 7) is 1.42. The first kappa shape index (κ1) is 26.7. The second-order valence-corrected chi connectivity index (χ2v) is 10.00. The lowest BCUT2D eigenvalue weighted by molar-refractivity contribution is -0.138. The van der Waals surface area contributed by atoms with Crippen LogP contribution >= 0.6 is 0 Å². The topological polar surface area (TPSA) is 96.0 Å². The number of anilines is 1. The molecule has 0 radical (unpaired) electrons. The van der Waals surface area contributed by atoms with Gasteiger partial charge in [-0.3, -0.25) is 13.9 Å². The summed E-state index contributed by atoms with van der Waals surface area (Å²) in [6, 6.07) is 23.2. The van der Waals surface area contributed by atoms with E-state index >= 15 is 0 Å². The summed E-state index contributed by atoms with van der Waals surface area (Å²) in [5.74, 6) is -0.300. The summed E-state index contributed by atoms with van der Waals surface area (Å²) in [7, 11) is -1.10. The number of sulfonamides is 1. The number of nitrogens with one attached hydrogen (secondary N) is 1. The van der Waals surface area contributed by atoms with Crippen LogP contribution in [0.25, 0.3) is 0 Å². The Bertz CT molecular complexity index is 1250. The first-order valence-corrected chi connectivity index (χ1v) is 13.0. The van der Waals surface area contributed by atoms with Crippen molar-refractivity contribution in [3.05, 3.63) is 90.5 Å². The highest BCUT2D eigenvalue weighted by atomic mass is 32.2. The van der Waals surface area contributed by atoms with E-state index in [0.717, 1.165) is 9.87 Å². The maximum absolute atomic E-state index is 13.7. The highest BCUT2D eigenvalue weighted by molar-refractivity contribution is 7.92. The molecule has 2 amide bonds. The number of benzene rings is 3. The number of para-hydroxylation sites is 1.